The molecule has 0 saturated carbocycles. The van der Waals surface area contributed by atoms with Gasteiger partial charge in [-0.2, -0.15) is 0 Å². The molecule has 4 heterocycles. The number of halogens is 1. The van der Waals surface area contributed by atoms with E-state index in [-0.39, 0.29) is 24.5 Å². The predicted octanol–water partition coefficient (Wildman–Crippen LogP) is 3.83. The van der Waals surface area contributed by atoms with Gasteiger partial charge in [0.05, 0.1) is 21.7 Å². The molecule has 0 aliphatic carbocycles. The van der Waals surface area contributed by atoms with E-state index in [0.717, 1.165) is 29.9 Å². The number of carbonyl (C=O) groups excluding carboxylic acids is 2. The molecule has 0 unspecified atom stereocenters. The number of hydrogen-bond donors (Lipinski definition) is 0. The van der Waals surface area contributed by atoms with Gasteiger partial charge in [0.15, 0.2) is 5.82 Å². The van der Waals surface area contributed by atoms with Crippen LogP contribution in [0.4, 0.5) is 5.82 Å². The fraction of sp³-hybridized carbons (Fsp3) is 0.385. The van der Waals surface area contributed by atoms with E-state index in [9.17, 15) is 9.59 Å². The van der Waals surface area contributed by atoms with Gasteiger partial charge in [0.1, 0.15) is 6.54 Å². The maximum Gasteiger partial charge on any atom is 0.264 e. The number of carbonyl (C=O) groups is 2. The minimum atomic E-state index is -0.110. The summed E-state index contributed by atoms with van der Waals surface area (Å²) >= 11 is 7.67. The topological polar surface area (TPSA) is 78.9 Å². The molecule has 3 aromatic rings. The zero-order valence-corrected chi connectivity index (χ0v) is 21.5. The van der Waals surface area contributed by atoms with Crippen molar-refractivity contribution >= 4 is 40.6 Å². The Labute approximate surface area is 219 Å². The number of rotatable bonds is 7. The molecule has 2 amide bonds. The minimum Gasteiger partial charge on any atom is -0.376 e. The highest BCUT2D eigenvalue weighted by Crippen LogP contribution is 2.26. The van der Waals surface area contributed by atoms with Crippen molar-refractivity contribution in [1.29, 1.82) is 0 Å². The molecule has 0 N–H and O–H groups in total. The van der Waals surface area contributed by atoms with Gasteiger partial charge in [0.2, 0.25) is 5.91 Å². The molecule has 0 bridgehead atoms. The highest BCUT2D eigenvalue weighted by molar-refractivity contribution is 7.12. The van der Waals surface area contributed by atoms with Crippen LogP contribution >= 0.6 is 22.9 Å². The van der Waals surface area contributed by atoms with E-state index in [0.29, 0.717) is 49.2 Å². The van der Waals surface area contributed by atoms with Crippen LogP contribution in [0.3, 0.4) is 0 Å². The fourth-order valence-electron chi connectivity index (χ4n) is 4.56. The predicted molar refractivity (Wildman–Crippen MR) is 140 cm³/mol. The minimum absolute atomic E-state index is 0.00845. The van der Waals surface area contributed by atoms with Crippen LogP contribution in [-0.4, -0.2) is 83.8 Å². The standard InChI is InChI=1S/C26H28ClN5O3S/c27-21-7-2-1-6-20(21)22-9-10-24(29-28-22)30-11-13-31(14-12-30)25(33)18-32(17-19-5-3-15-35-19)26(34)23-8-4-16-36-23/h1-2,4,6-10,16,19H,3,5,11-15,17-18H2/t19-/m0/s1. The summed E-state index contributed by atoms with van der Waals surface area (Å²) in [4.78, 5) is 32.5. The van der Waals surface area contributed by atoms with E-state index >= 15 is 0 Å². The summed E-state index contributed by atoms with van der Waals surface area (Å²) in [7, 11) is 0. The Morgan fingerprint density at radius 1 is 1.06 bits per heavy atom. The lowest BCUT2D eigenvalue weighted by Crippen LogP contribution is -2.52. The number of amides is 2. The van der Waals surface area contributed by atoms with Crippen LogP contribution in [0.5, 0.6) is 0 Å². The van der Waals surface area contributed by atoms with Gasteiger partial charge < -0.3 is 19.4 Å². The summed E-state index contributed by atoms with van der Waals surface area (Å²) in [6.45, 7) is 3.64. The summed E-state index contributed by atoms with van der Waals surface area (Å²) in [6, 6.07) is 15.1. The first kappa shape index (κ1) is 24.7. The molecule has 8 nitrogen and oxygen atoms in total. The second kappa shape index (κ2) is 11.4. The van der Waals surface area contributed by atoms with Crippen molar-refractivity contribution in [2.24, 2.45) is 0 Å². The lowest BCUT2D eigenvalue weighted by atomic mass is 10.1. The fourth-order valence-corrected chi connectivity index (χ4v) is 5.49. The van der Waals surface area contributed by atoms with E-state index < -0.39 is 0 Å². The van der Waals surface area contributed by atoms with Gasteiger partial charge in [-0.15, -0.1) is 21.5 Å². The van der Waals surface area contributed by atoms with Crippen molar-refractivity contribution in [1.82, 2.24) is 20.0 Å². The van der Waals surface area contributed by atoms with Crippen molar-refractivity contribution in [3.05, 3.63) is 63.8 Å². The average molecular weight is 526 g/mol. The molecular weight excluding hydrogens is 498 g/mol. The second-order valence-electron chi connectivity index (χ2n) is 8.92. The summed E-state index contributed by atoms with van der Waals surface area (Å²) < 4.78 is 5.74. The molecule has 1 aromatic carbocycles. The van der Waals surface area contributed by atoms with Crippen molar-refractivity contribution in [2.45, 2.75) is 18.9 Å². The number of nitrogens with zero attached hydrogens (tertiary/aromatic N) is 5. The molecule has 188 valence electrons. The normalized spacial score (nSPS) is 17.9. The number of aromatic nitrogens is 2. The van der Waals surface area contributed by atoms with Gasteiger partial charge in [-0.1, -0.05) is 35.9 Å². The first-order chi connectivity index (χ1) is 17.6. The van der Waals surface area contributed by atoms with E-state index in [1.807, 2.05) is 52.7 Å². The first-order valence-electron chi connectivity index (χ1n) is 12.1. The molecule has 0 spiro atoms. The number of benzene rings is 1. The number of ether oxygens (including phenoxy) is 1. The largest absolute Gasteiger partial charge is 0.376 e. The smallest absolute Gasteiger partial charge is 0.264 e. The maximum atomic E-state index is 13.2. The number of hydrogen-bond acceptors (Lipinski definition) is 7. The zero-order chi connectivity index (χ0) is 24.9. The van der Waals surface area contributed by atoms with E-state index in [2.05, 4.69) is 15.1 Å². The molecule has 2 saturated heterocycles. The molecule has 2 aromatic heterocycles. The van der Waals surface area contributed by atoms with Gasteiger partial charge in [-0.25, -0.2) is 0 Å². The molecular formula is C26H28ClN5O3S. The monoisotopic (exact) mass is 525 g/mol. The van der Waals surface area contributed by atoms with Crippen LogP contribution in [0.1, 0.15) is 22.5 Å². The highest BCUT2D eigenvalue weighted by atomic mass is 35.5. The molecule has 2 aliphatic rings. The Balaban J connectivity index is 1.18. The lowest BCUT2D eigenvalue weighted by Gasteiger charge is -2.36. The Morgan fingerprint density at radius 2 is 1.89 bits per heavy atom. The van der Waals surface area contributed by atoms with Gasteiger partial charge in [0.25, 0.3) is 5.91 Å². The quantitative estimate of drug-likeness (QED) is 0.466. The van der Waals surface area contributed by atoms with Crippen LogP contribution in [0.2, 0.25) is 5.02 Å². The van der Waals surface area contributed by atoms with Crippen LogP contribution in [-0.2, 0) is 9.53 Å². The third-order valence-corrected chi connectivity index (χ3v) is 7.74. The molecule has 5 rings (SSSR count). The molecule has 36 heavy (non-hydrogen) atoms. The van der Waals surface area contributed by atoms with E-state index in [4.69, 9.17) is 16.3 Å². The van der Waals surface area contributed by atoms with Gasteiger partial charge >= 0.3 is 0 Å². The van der Waals surface area contributed by atoms with Crippen LogP contribution in [0.25, 0.3) is 11.3 Å². The van der Waals surface area contributed by atoms with Crippen molar-refractivity contribution in [3.8, 4) is 11.3 Å². The van der Waals surface area contributed by atoms with Crippen LogP contribution in [0, 0.1) is 0 Å². The van der Waals surface area contributed by atoms with Crippen molar-refractivity contribution in [2.75, 3.05) is 50.8 Å². The van der Waals surface area contributed by atoms with Crippen LogP contribution in [0.15, 0.2) is 53.9 Å². The Kier molecular flexibility index (Phi) is 7.79. The summed E-state index contributed by atoms with van der Waals surface area (Å²) in [5, 5.41) is 11.3. The Hall–Kier alpha value is -3.01. The third-order valence-electron chi connectivity index (χ3n) is 6.55. The van der Waals surface area contributed by atoms with Crippen molar-refractivity contribution in [3.63, 3.8) is 0 Å². The molecule has 0 radical (unpaired) electrons. The van der Waals surface area contributed by atoms with Crippen molar-refractivity contribution < 1.29 is 14.3 Å². The molecule has 10 heteroatoms. The first-order valence-corrected chi connectivity index (χ1v) is 13.4. The second-order valence-corrected chi connectivity index (χ2v) is 10.3. The highest BCUT2D eigenvalue weighted by Gasteiger charge is 2.29. The Bertz CT molecular complexity index is 1180. The number of piperazine rings is 1. The van der Waals surface area contributed by atoms with Crippen LogP contribution < -0.4 is 4.90 Å². The SMILES string of the molecule is O=C(CN(C[C@@H]1CCCO1)C(=O)c1cccs1)N1CCN(c2ccc(-c3ccccc3Cl)nn2)CC1. The molecule has 2 fully saturated rings. The third kappa shape index (κ3) is 5.69. The van der Waals surface area contributed by atoms with E-state index in [1.54, 1.807) is 11.0 Å². The molecule has 2 aliphatic heterocycles. The van der Waals surface area contributed by atoms with Gasteiger partial charge in [0, 0.05) is 44.9 Å². The number of anilines is 1. The maximum absolute atomic E-state index is 13.2. The lowest BCUT2D eigenvalue weighted by molar-refractivity contribution is -0.132. The Morgan fingerprint density at radius 3 is 2.56 bits per heavy atom. The molecule has 1 atom stereocenters. The summed E-state index contributed by atoms with van der Waals surface area (Å²) in [5.74, 6) is 0.616. The van der Waals surface area contributed by atoms with Gasteiger partial charge in [-0.05, 0) is 42.5 Å². The summed E-state index contributed by atoms with van der Waals surface area (Å²) in [6.07, 6.45) is 1.90. The zero-order valence-electron chi connectivity index (χ0n) is 19.9. The van der Waals surface area contributed by atoms with Gasteiger partial charge in [-0.3, -0.25) is 9.59 Å². The summed E-state index contributed by atoms with van der Waals surface area (Å²) in [5.41, 5.74) is 1.57. The number of thiophene rings is 1. The van der Waals surface area contributed by atoms with E-state index in [1.165, 1.54) is 11.3 Å². The average Bonchev–Trinajstić information content (AvgIpc) is 3.63.